The summed E-state index contributed by atoms with van der Waals surface area (Å²) in [5, 5.41) is 6.55. The van der Waals surface area contributed by atoms with Crippen molar-refractivity contribution in [3.8, 4) is 11.1 Å². The number of hydrogen-bond acceptors (Lipinski definition) is 3. The second kappa shape index (κ2) is 8.95. The summed E-state index contributed by atoms with van der Waals surface area (Å²) in [5.41, 5.74) is 3.37. The molecule has 0 radical (unpaired) electrons. The van der Waals surface area contributed by atoms with Gasteiger partial charge in [-0.25, -0.2) is 0 Å². The Morgan fingerprint density at radius 3 is 2.54 bits per heavy atom. The van der Waals surface area contributed by atoms with Gasteiger partial charge in [0.1, 0.15) is 0 Å². The van der Waals surface area contributed by atoms with E-state index in [9.17, 15) is 4.79 Å². The van der Waals surface area contributed by atoms with E-state index < -0.39 is 0 Å². The fourth-order valence-electron chi connectivity index (χ4n) is 3.75. The molecule has 3 rings (SSSR count). The molecular formula is C22H29N3O. The number of carbonyl (C=O) groups excluding carboxylic acids is 1. The van der Waals surface area contributed by atoms with Gasteiger partial charge in [-0.3, -0.25) is 9.78 Å². The van der Waals surface area contributed by atoms with Gasteiger partial charge in [0.25, 0.3) is 0 Å². The van der Waals surface area contributed by atoms with E-state index in [0.717, 1.165) is 29.8 Å². The predicted molar refractivity (Wildman–Crippen MR) is 106 cm³/mol. The molecule has 2 aromatic rings. The summed E-state index contributed by atoms with van der Waals surface area (Å²) in [6, 6.07) is 12.4. The van der Waals surface area contributed by atoms with E-state index in [2.05, 4.69) is 52.9 Å². The zero-order valence-corrected chi connectivity index (χ0v) is 15.7. The van der Waals surface area contributed by atoms with Crippen LogP contribution in [0.3, 0.4) is 0 Å². The minimum absolute atomic E-state index is 0.0191. The van der Waals surface area contributed by atoms with Crippen molar-refractivity contribution in [2.75, 3.05) is 13.1 Å². The average Bonchev–Trinajstić information content (AvgIpc) is 2.69. The average molecular weight is 351 g/mol. The Kier molecular flexibility index (Phi) is 6.40. The predicted octanol–water partition coefficient (Wildman–Crippen LogP) is 3.95. The smallest absolute Gasteiger partial charge is 0.220 e. The minimum atomic E-state index is 0.0191. The van der Waals surface area contributed by atoms with Crippen LogP contribution in [0.5, 0.6) is 0 Å². The SMILES string of the molecule is CC(NC(=O)CC(C)C1CCNCC1)c1ccc(-c2cccnc2)cc1. The fraction of sp³-hybridized carbons (Fsp3) is 0.455. The summed E-state index contributed by atoms with van der Waals surface area (Å²) in [6.45, 7) is 6.42. The van der Waals surface area contributed by atoms with Gasteiger partial charge in [0.05, 0.1) is 6.04 Å². The number of pyridine rings is 1. The van der Waals surface area contributed by atoms with E-state index in [4.69, 9.17) is 0 Å². The van der Waals surface area contributed by atoms with Crippen LogP contribution >= 0.6 is 0 Å². The van der Waals surface area contributed by atoms with Crippen LogP contribution in [0.2, 0.25) is 0 Å². The van der Waals surface area contributed by atoms with E-state index in [1.54, 1.807) is 6.20 Å². The van der Waals surface area contributed by atoms with Gasteiger partial charge in [0.2, 0.25) is 5.91 Å². The summed E-state index contributed by atoms with van der Waals surface area (Å²) >= 11 is 0. The lowest BCUT2D eigenvalue weighted by Gasteiger charge is -2.28. The quantitative estimate of drug-likeness (QED) is 0.828. The minimum Gasteiger partial charge on any atom is -0.350 e. The first kappa shape index (κ1) is 18.6. The van der Waals surface area contributed by atoms with E-state index in [-0.39, 0.29) is 11.9 Å². The third-order valence-electron chi connectivity index (χ3n) is 5.48. The largest absolute Gasteiger partial charge is 0.350 e. The van der Waals surface area contributed by atoms with Crippen LogP contribution in [-0.4, -0.2) is 24.0 Å². The van der Waals surface area contributed by atoms with Crippen molar-refractivity contribution in [1.82, 2.24) is 15.6 Å². The third kappa shape index (κ3) is 4.92. The van der Waals surface area contributed by atoms with Gasteiger partial charge in [0, 0.05) is 18.8 Å². The highest BCUT2D eigenvalue weighted by molar-refractivity contribution is 5.76. The molecule has 0 saturated carbocycles. The Morgan fingerprint density at radius 2 is 1.88 bits per heavy atom. The topological polar surface area (TPSA) is 54.0 Å². The van der Waals surface area contributed by atoms with Crippen LogP contribution in [-0.2, 0) is 4.79 Å². The molecule has 1 amide bonds. The number of rotatable bonds is 6. The highest BCUT2D eigenvalue weighted by Crippen LogP contribution is 2.25. The van der Waals surface area contributed by atoms with Gasteiger partial charge < -0.3 is 10.6 Å². The number of aromatic nitrogens is 1. The molecule has 2 atom stereocenters. The Morgan fingerprint density at radius 1 is 1.15 bits per heavy atom. The summed E-state index contributed by atoms with van der Waals surface area (Å²) < 4.78 is 0. The molecule has 2 N–H and O–H groups in total. The van der Waals surface area contributed by atoms with E-state index >= 15 is 0 Å². The molecule has 4 heteroatoms. The van der Waals surface area contributed by atoms with Gasteiger partial charge in [-0.2, -0.15) is 0 Å². The van der Waals surface area contributed by atoms with Gasteiger partial charge in [0.15, 0.2) is 0 Å². The van der Waals surface area contributed by atoms with Crippen LogP contribution < -0.4 is 10.6 Å². The third-order valence-corrected chi connectivity index (χ3v) is 5.48. The van der Waals surface area contributed by atoms with Gasteiger partial charge in [-0.05, 0) is 67.4 Å². The molecule has 4 nitrogen and oxygen atoms in total. The maximum absolute atomic E-state index is 12.4. The second-order valence-corrected chi connectivity index (χ2v) is 7.42. The summed E-state index contributed by atoms with van der Waals surface area (Å²) in [4.78, 5) is 16.6. The molecule has 2 unspecified atom stereocenters. The Hall–Kier alpha value is -2.20. The monoisotopic (exact) mass is 351 g/mol. The molecule has 2 heterocycles. The number of amides is 1. The molecule has 138 valence electrons. The molecule has 0 spiro atoms. The Bertz CT molecular complexity index is 693. The van der Waals surface area contributed by atoms with Crippen molar-refractivity contribution in [3.63, 3.8) is 0 Å². The summed E-state index contributed by atoms with van der Waals surface area (Å²) in [5.74, 6) is 1.26. The molecule has 0 aliphatic carbocycles. The first-order valence-corrected chi connectivity index (χ1v) is 9.64. The van der Waals surface area contributed by atoms with Gasteiger partial charge in [-0.1, -0.05) is 37.3 Å². The van der Waals surface area contributed by atoms with Crippen molar-refractivity contribution in [2.24, 2.45) is 11.8 Å². The zero-order chi connectivity index (χ0) is 18.4. The molecule has 0 bridgehead atoms. The van der Waals surface area contributed by atoms with Crippen LogP contribution in [0.4, 0.5) is 0 Å². The summed E-state index contributed by atoms with van der Waals surface area (Å²) in [6.07, 6.45) is 6.62. The number of nitrogens with one attached hydrogen (secondary N) is 2. The van der Waals surface area contributed by atoms with Crippen molar-refractivity contribution < 1.29 is 4.79 Å². The van der Waals surface area contributed by atoms with Crippen molar-refractivity contribution in [3.05, 3.63) is 54.4 Å². The van der Waals surface area contributed by atoms with E-state index in [0.29, 0.717) is 18.3 Å². The lowest BCUT2D eigenvalue weighted by molar-refractivity contribution is -0.123. The molecule has 1 aliphatic heterocycles. The van der Waals surface area contributed by atoms with E-state index in [1.807, 2.05) is 19.2 Å². The summed E-state index contributed by atoms with van der Waals surface area (Å²) in [7, 11) is 0. The standard InChI is InChI=1S/C22H29N3O/c1-16(18-9-12-23-13-10-18)14-22(26)25-17(2)19-5-7-20(8-6-19)21-4-3-11-24-15-21/h3-8,11,15-18,23H,9-10,12-14H2,1-2H3,(H,25,26). The van der Waals surface area contributed by atoms with Crippen LogP contribution in [0.1, 0.15) is 44.7 Å². The molecule has 26 heavy (non-hydrogen) atoms. The number of carbonyl (C=O) groups is 1. The lowest BCUT2D eigenvalue weighted by atomic mass is 9.84. The molecule has 1 saturated heterocycles. The second-order valence-electron chi connectivity index (χ2n) is 7.42. The number of piperidine rings is 1. The number of hydrogen-bond donors (Lipinski definition) is 2. The Labute approximate surface area is 156 Å². The molecule has 1 aromatic heterocycles. The van der Waals surface area contributed by atoms with Crippen molar-refractivity contribution >= 4 is 5.91 Å². The molecule has 1 fully saturated rings. The highest BCUT2D eigenvalue weighted by atomic mass is 16.1. The van der Waals surface area contributed by atoms with Crippen LogP contribution in [0, 0.1) is 11.8 Å². The first-order valence-electron chi connectivity index (χ1n) is 9.64. The maximum Gasteiger partial charge on any atom is 0.220 e. The van der Waals surface area contributed by atoms with Crippen LogP contribution in [0.15, 0.2) is 48.8 Å². The molecule has 1 aliphatic rings. The normalized spacial score (nSPS) is 17.5. The number of benzene rings is 1. The van der Waals surface area contributed by atoms with Crippen molar-refractivity contribution in [1.29, 1.82) is 0 Å². The molecule has 1 aromatic carbocycles. The van der Waals surface area contributed by atoms with E-state index in [1.165, 1.54) is 12.8 Å². The zero-order valence-electron chi connectivity index (χ0n) is 15.7. The number of nitrogens with zero attached hydrogens (tertiary/aromatic N) is 1. The lowest BCUT2D eigenvalue weighted by Crippen LogP contribution is -2.34. The first-order chi connectivity index (χ1) is 12.6. The highest BCUT2D eigenvalue weighted by Gasteiger charge is 2.22. The fourth-order valence-corrected chi connectivity index (χ4v) is 3.75. The molecular weight excluding hydrogens is 322 g/mol. The van der Waals surface area contributed by atoms with Gasteiger partial charge >= 0.3 is 0 Å². The Balaban J connectivity index is 1.53. The van der Waals surface area contributed by atoms with Gasteiger partial charge in [-0.15, -0.1) is 0 Å². The van der Waals surface area contributed by atoms with Crippen molar-refractivity contribution in [2.45, 2.75) is 39.2 Å². The van der Waals surface area contributed by atoms with Crippen LogP contribution in [0.25, 0.3) is 11.1 Å². The maximum atomic E-state index is 12.4.